The molecule has 2 aliphatic rings. The number of aldehydes is 1. The van der Waals surface area contributed by atoms with Crippen molar-refractivity contribution < 1.29 is 18.8 Å². The summed E-state index contributed by atoms with van der Waals surface area (Å²) >= 11 is 0. The molecule has 5 N–H and O–H groups in total. The van der Waals surface area contributed by atoms with E-state index in [1.54, 1.807) is 0 Å². The normalized spacial score (nSPS) is 14.2. The number of hydrogen-bond acceptors (Lipinski definition) is 6. The summed E-state index contributed by atoms with van der Waals surface area (Å²) in [5.74, 6) is 4.19. The van der Waals surface area contributed by atoms with Crippen LogP contribution in [0.2, 0.25) is 0 Å². The number of carbonyl (C=O) groups is 1. The Morgan fingerprint density at radius 3 is 2.22 bits per heavy atom. The van der Waals surface area contributed by atoms with Crippen molar-refractivity contribution in [3.8, 4) is 12.3 Å². The van der Waals surface area contributed by atoms with Crippen molar-refractivity contribution in [3.05, 3.63) is 108 Å². The molecule has 1 radical (unpaired) electrons. The molecule has 1 heterocycles. The van der Waals surface area contributed by atoms with Crippen molar-refractivity contribution in [1.82, 2.24) is 5.32 Å². The fraction of sp³-hybridized carbons (Fsp3) is 0.351. The van der Waals surface area contributed by atoms with Crippen LogP contribution in [0.1, 0.15) is 82.2 Å². The second-order valence-electron chi connectivity index (χ2n) is 9.56. The van der Waals surface area contributed by atoms with Crippen molar-refractivity contribution in [3.63, 3.8) is 0 Å². The number of carbonyl (C=O) groups excluding carboxylic acids is 1. The maximum absolute atomic E-state index is 9.25. The maximum atomic E-state index is 9.25. The second-order valence-corrected chi connectivity index (χ2v) is 9.56. The zero-order chi connectivity index (χ0) is 34.6. The molecule has 0 amide bonds. The Balaban J connectivity index is 0.00000128. The van der Waals surface area contributed by atoms with Crippen LogP contribution in [0.3, 0.4) is 0 Å². The number of hydrogen-bond donors (Lipinski definition) is 3. The van der Waals surface area contributed by atoms with Gasteiger partial charge in [-0.15, -0.1) is 12.2 Å². The van der Waals surface area contributed by atoms with Gasteiger partial charge in [0.1, 0.15) is 6.29 Å². The third kappa shape index (κ3) is 12.2. The van der Waals surface area contributed by atoms with Gasteiger partial charge in [0, 0.05) is 6.08 Å². The topological polar surface area (TPSA) is 103 Å². The first kappa shape index (κ1) is 40.6. The van der Waals surface area contributed by atoms with Gasteiger partial charge in [-0.3, -0.25) is 4.79 Å². The van der Waals surface area contributed by atoms with Gasteiger partial charge < -0.3 is 5.73 Å². The fourth-order valence-electron chi connectivity index (χ4n) is 4.11. The van der Waals surface area contributed by atoms with Crippen LogP contribution >= 0.6 is 0 Å². The molecule has 0 saturated heterocycles. The van der Waals surface area contributed by atoms with Gasteiger partial charge in [-0.25, -0.2) is 0 Å². The van der Waals surface area contributed by atoms with Gasteiger partial charge in [-0.2, -0.15) is 0 Å². The molecule has 1 unspecified atom stereocenters. The van der Waals surface area contributed by atoms with E-state index in [1.807, 2.05) is 78.9 Å². The van der Waals surface area contributed by atoms with E-state index in [4.69, 9.17) is 28.4 Å². The molecule has 0 aromatic heterocycles. The van der Waals surface area contributed by atoms with E-state index in [0.29, 0.717) is 36.5 Å². The summed E-state index contributed by atoms with van der Waals surface area (Å²) in [4.78, 5) is 9.25. The molecule has 239 valence electrons. The van der Waals surface area contributed by atoms with Crippen molar-refractivity contribution in [2.45, 2.75) is 72.7 Å². The van der Waals surface area contributed by atoms with E-state index in [9.17, 15) is 4.79 Å². The number of rotatable bonds is 10. The number of nitrogens with zero attached hydrogens (tertiary/aromatic N) is 1. The predicted octanol–water partition coefficient (Wildman–Crippen LogP) is 5.51. The zero-order valence-corrected chi connectivity index (χ0v) is 28.2. The first-order chi connectivity index (χ1) is 21.6. The molecular formula is C37H51BN4O3+. The number of allylic oxidation sites excluding steroid dienone is 2. The summed E-state index contributed by atoms with van der Waals surface area (Å²) in [6, 6.07) is 14.3. The van der Waals surface area contributed by atoms with Crippen molar-refractivity contribution >= 4 is 31.0 Å². The van der Waals surface area contributed by atoms with Crippen LogP contribution in [-0.4, -0.2) is 49.7 Å². The molecule has 7 nitrogen and oxygen atoms in total. The predicted molar refractivity (Wildman–Crippen MR) is 191 cm³/mol. The molecule has 1 aliphatic heterocycles. The molecule has 8 heteroatoms. The van der Waals surface area contributed by atoms with Crippen LogP contribution < -0.4 is 16.8 Å². The molecule has 4 rings (SSSR count). The van der Waals surface area contributed by atoms with Crippen LogP contribution in [0.5, 0.6) is 0 Å². The van der Waals surface area contributed by atoms with Gasteiger partial charge in [0.2, 0.25) is 0 Å². The molecule has 1 aliphatic carbocycles. The minimum atomic E-state index is -0.255. The summed E-state index contributed by atoms with van der Waals surface area (Å²) in [6.07, 6.45) is 8.49. The molecule has 0 bridgehead atoms. The van der Waals surface area contributed by atoms with E-state index in [1.165, 1.54) is 6.08 Å². The Hall–Kier alpha value is -4.41. The van der Waals surface area contributed by atoms with Gasteiger partial charge in [0.25, 0.3) is 0 Å². The van der Waals surface area contributed by atoms with Gasteiger partial charge in [0.05, 0.1) is 6.54 Å². The number of benzene rings is 2. The van der Waals surface area contributed by atoms with Crippen LogP contribution in [0.25, 0.3) is 5.76 Å². The second kappa shape index (κ2) is 21.3. The molecule has 0 spiro atoms. The molecule has 1 fully saturated rings. The number of nitrogens with two attached hydrogens (primary N) is 2. The summed E-state index contributed by atoms with van der Waals surface area (Å²) < 4.78 is 13.7. The monoisotopic (exact) mass is 610 g/mol. The standard InChI is InChI=1S/C26H30BN3O2.C4H4O.C3H5N.2C2H6/c1-16(2)31-17(3)20-12-21(25-30(5)18(4)32-25)14-22(13-20)26(10-11-26)29-24(27)23-9-7-6-8-19(23)15-28;1-2-3-4-5;1-2-3-4;2*1-2/h6-9,12-14,18,29H,1,3,10-11,15,28H2,2,4-5H3;3-4H,1H2;1H,3-4H2;2*1-2H3/q+1;;;;. The Morgan fingerprint density at radius 1 is 1.20 bits per heavy atom. The average molecular weight is 611 g/mol. The van der Waals surface area contributed by atoms with Gasteiger partial charge in [-0.1, -0.05) is 40.2 Å². The number of ether oxygens (including phenoxy) is 2. The molecule has 1 atom stereocenters. The van der Waals surface area contributed by atoms with Crippen LogP contribution in [0.4, 0.5) is 0 Å². The molecule has 1 saturated carbocycles. The fourth-order valence-corrected chi connectivity index (χ4v) is 4.11. The quantitative estimate of drug-likeness (QED) is 0.0624. The van der Waals surface area contributed by atoms with E-state index >= 15 is 0 Å². The Morgan fingerprint density at radius 2 is 1.80 bits per heavy atom. The minimum absolute atomic E-state index is 0.0525. The van der Waals surface area contributed by atoms with E-state index in [2.05, 4.69) is 59.8 Å². The summed E-state index contributed by atoms with van der Waals surface area (Å²) in [6.45, 7) is 23.7. The van der Waals surface area contributed by atoms with Gasteiger partial charge in [-0.05, 0) is 0 Å². The zero-order valence-electron chi connectivity index (χ0n) is 28.2. The summed E-state index contributed by atoms with van der Waals surface area (Å²) in [7, 11) is 8.56. The SMILES string of the molecule is C#CCN.C=C=CC=O.CC.CC.[B]=C(NC1(c2cc(C(=C)OC(=C)C)cc(C3=[N+](C)C(C)O3)c2)CC1)c1ccccc1CN. The van der Waals surface area contributed by atoms with E-state index in [-0.39, 0.29) is 11.8 Å². The average Bonchev–Trinajstić information content (AvgIpc) is 3.85. The van der Waals surface area contributed by atoms with Gasteiger partial charge in [0.15, 0.2) is 0 Å². The summed E-state index contributed by atoms with van der Waals surface area (Å²) in [5, 5.41) is 3.59. The van der Waals surface area contributed by atoms with Gasteiger partial charge >= 0.3 is 191 Å². The molecule has 2 aromatic carbocycles. The van der Waals surface area contributed by atoms with E-state index < -0.39 is 0 Å². The first-order valence-corrected chi connectivity index (χ1v) is 15.1. The Kier molecular flexibility index (Phi) is 19.2. The van der Waals surface area contributed by atoms with E-state index in [0.717, 1.165) is 46.6 Å². The Labute approximate surface area is 272 Å². The van der Waals surface area contributed by atoms with Crippen molar-refractivity contribution in [1.29, 1.82) is 0 Å². The third-order valence-electron chi connectivity index (χ3n) is 6.46. The summed E-state index contributed by atoms with van der Waals surface area (Å²) in [5.41, 5.74) is 18.3. The number of nitrogens with one attached hydrogen (secondary N) is 1. The van der Waals surface area contributed by atoms with Crippen molar-refractivity contribution in [2.24, 2.45) is 11.5 Å². The molecule has 45 heavy (non-hydrogen) atoms. The van der Waals surface area contributed by atoms with Crippen LogP contribution in [0.15, 0.2) is 79.8 Å². The first-order valence-electron chi connectivity index (χ1n) is 15.1. The van der Waals surface area contributed by atoms with Crippen molar-refractivity contribution in [2.75, 3.05) is 13.6 Å². The molecule has 2 aromatic rings. The third-order valence-corrected chi connectivity index (χ3v) is 6.46. The number of terminal acetylenes is 1. The molecular weight excluding hydrogens is 559 g/mol. The Bertz CT molecular complexity index is 1430. The van der Waals surface area contributed by atoms with Crippen LogP contribution in [-0.2, 0) is 26.4 Å². The van der Waals surface area contributed by atoms with Crippen LogP contribution in [0, 0.1) is 12.3 Å².